The van der Waals surface area contributed by atoms with Crippen LogP contribution in [0.15, 0.2) is 46.0 Å². The Hall–Kier alpha value is -0.970. The van der Waals surface area contributed by atoms with Gasteiger partial charge >= 0.3 is 0 Å². The van der Waals surface area contributed by atoms with Crippen LogP contribution in [0, 0.1) is 0 Å². The summed E-state index contributed by atoms with van der Waals surface area (Å²) in [5.41, 5.74) is 1.33. The maximum atomic E-state index is 5.83. The van der Waals surface area contributed by atoms with Gasteiger partial charge in [0, 0.05) is 23.1 Å². The highest BCUT2D eigenvalue weighted by Gasteiger charge is 2.10. The zero-order valence-electron chi connectivity index (χ0n) is 12.7. The van der Waals surface area contributed by atoms with Crippen LogP contribution in [-0.4, -0.2) is 25.6 Å². The number of methoxy groups -OCH3 is 1. The summed E-state index contributed by atoms with van der Waals surface area (Å²) in [4.78, 5) is 1.29. The van der Waals surface area contributed by atoms with Crippen LogP contribution in [0.2, 0.25) is 0 Å². The van der Waals surface area contributed by atoms with Crippen LogP contribution in [0.25, 0.3) is 0 Å². The molecule has 2 aromatic rings. The summed E-state index contributed by atoms with van der Waals surface area (Å²) < 4.78 is 11.3. The third kappa shape index (κ3) is 5.38. The Kier molecular flexibility index (Phi) is 6.61. The van der Waals surface area contributed by atoms with Crippen LogP contribution < -0.4 is 4.74 Å². The topological polar surface area (TPSA) is 18.5 Å². The van der Waals surface area contributed by atoms with Gasteiger partial charge in [0.2, 0.25) is 0 Å². The molecule has 1 atom stereocenters. The van der Waals surface area contributed by atoms with Gasteiger partial charge in [-0.2, -0.15) is 11.3 Å². The predicted molar refractivity (Wildman–Crippen MR) is 91.9 cm³/mol. The molecule has 0 spiro atoms. The summed E-state index contributed by atoms with van der Waals surface area (Å²) in [6.45, 7) is 4.96. The summed E-state index contributed by atoms with van der Waals surface area (Å²) in [5, 5.41) is 4.25. The second kappa shape index (κ2) is 8.47. The normalized spacial score (nSPS) is 12.6. The lowest BCUT2D eigenvalue weighted by atomic mass is 10.0. The third-order valence-corrected chi connectivity index (χ3v) is 5.21. The summed E-state index contributed by atoms with van der Waals surface area (Å²) in [5.74, 6) is 2.35. The molecule has 0 saturated heterocycles. The van der Waals surface area contributed by atoms with E-state index in [1.54, 1.807) is 30.2 Å². The monoisotopic (exact) mass is 322 g/mol. The zero-order valence-corrected chi connectivity index (χ0v) is 14.4. The molecule has 1 aromatic heterocycles. The summed E-state index contributed by atoms with van der Waals surface area (Å²) >= 11 is 3.53. The van der Waals surface area contributed by atoms with Crippen LogP contribution >= 0.6 is 23.1 Å². The first-order valence-electron chi connectivity index (χ1n) is 7.09. The van der Waals surface area contributed by atoms with Crippen molar-refractivity contribution in [3.63, 3.8) is 0 Å². The summed E-state index contributed by atoms with van der Waals surface area (Å²) in [6.07, 6.45) is 0.0969. The first-order valence-corrected chi connectivity index (χ1v) is 9.02. The maximum Gasteiger partial charge on any atom is 0.119 e. The first kappa shape index (κ1) is 16.4. The minimum atomic E-state index is 0.0969. The van der Waals surface area contributed by atoms with Crippen molar-refractivity contribution in [1.29, 1.82) is 0 Å². The molecule has 0 N–H and O–H groups in total. The summed E-state index contributed by atoms with van der Waals surface area (Å²) in [6, 6.07) is 10.5. The molecule has 0 saturated carbocycles. The number of thioether (sulfide) groups is 1. The summed E-state index contributed by atoms with van der Waals surface area (Å²) in [7, 11) is 1.74. The van der Waals surface area contributed by atoms with Crippen LogP contribution in [-0.2, 0) is 4.74 Å². The smallest absolute Gasteiger partial charge is 0.119 e. The molecule has 4 heteroatoms. The van der Waals surface area contributed by atoms with E-state index in [4.69, 9.17) is 9.47 Å². The molecule has 0 aliphatic heterocycles. The lowest BCUT2D eigenvalue weighted by Crippen LogP contribution is -2.22. The van der Waals surface area contributed by atoms with Crippen LogP contribution in [0.3, 0.4) is 0 Å². The maximum absolute atomic E-state index is 5.83. The van der Waals surface area contributed by atoms with Gasteiger partial charge < -0.3 is 9.47 Å². The van der Waals surface area contributed by atoms with Gasteiger partial charge in [-0.25, -0.2) is 0 Å². The molecular weight excluding hydrogens is 300 g/mol. The fraction of sp³-hybridized carbons (Fsp3) is 0.412. The quantitative estimate of drug-likeness (QED) is 0.633. The fourth-order valence-electron chi connectivity index (χ4n) is 1.85. The number of benzene rings is 1. The highest BCUT2D eigenvalue weighted by atomic mass is 32.2. The molecule has 1 heterocycles. The van der Waals surface area contributed by atoms with Crippen molar-refractivity contribution in [2.75, 3.05) is 19.5 Å². The third-order valence-electron chi connectivity index (χ3n) is 3.25. The number of hydrogen-bond donors (Lipinski definition) is 0. The molecule has 114 valence electrons. The van der Waals surface area contributed by atoms with Crippen molar-refractivity contribution in [2.45, 2.75) is 30.8 Å². The molecule has 2 rings (SSSR count). The van der Waals surface area contributed by atoms with Gasteiger partial charge in [0.25, 0.3) is 0 Å². The van der Waals surface area contributed by atoms with Crippen molar-refractivity contribution in [1.82, 2.24) is 0 Å². The molecule has 21 heavy (non-hydrogen) atoms. The molecule has 1 unspecified atom stereocenters. The standard InChI is InChI=1S/C17H22O2S2/c1-13(2)14-4-6-15(7-5-14)19-10-16(18-3)11-21-17-8-9-20-12-17/h4-9,12-13,16H,10-11H2,1-3H3. The molecule has 0 aliphatic rings. The van der Waals surface area contributed by atoms with E-state index < -0.39 is 0 Å². The highest BCUT2D eigenvalue weighted by molar-refractivity contribution is 7.99. The Balaban J connectivity index is 1.79. The average Bonchev–Trinajstić information content (AvgIpc) is 3.01. The fourth-order valence-corrected chi connectivity index (χ4v) is 3.66. The molecular formula is C17H22O2S2. The Morgan fingerprint density at radius 1 is 1.14 bits per heavy atom. The Morgan fingerprint density at radius 3 is 2.48 bits per heavy atom. The van der Waals surface area contributed by atoms with Crippen molar-refractivity contribution in [3.8, 4) is 5.75 Å². The number of thiophene rings is 1. The number of rotatable bonds is 8. The molecule has 0 bridgehead atoms. The molecule has 1 aromatic carbocycles. The van der Waals surface area contributed by atoms with E-state index in [0.717, 1.165) is 11.5 Å². The van der Waals surface area contributed by atoms with E-state index >= 15 is 0 Å². The largest absolute Gasteiger partial charge is 0.491 e. The van der Waals surface area contributed by atoms with Gasteiger partial charge in [0.15, 0.2) is 0 Å². The van der Waals surface area contributed by atoms with Gasteiger partial charge in [-0.15, -0.1) is 11.8 Å². The van der Waals surface area contributed by atoms with Crippen molar-refractivity contribution in [2.24, 2.45) is 0 Å². The zero-order chi connectivity index (χ0) is 15.1. The second-order valence-electron chi connectivity index (χ2n) is 5.16. The molecule has 0 amide bonds. The van der Waals surface area contributed by atoms with Gasteiger partial charge in [0.1, 0.15) is 18.5 Å². The lowest BCUT2D eigenvalue weighted by molar-refractivity contribution is 0.0750. The average molecular weight is 322 g/mol. The Morgan fingerprint density at radius 2 is 1.90 bits per heavy atom. The van der Waals surface area contributed by atoms with E-state index in [1.165, 1.54) is 10.5 Å². The lowest BCUT2D eigenvalue weighted by Gasteiger charge is -2.16. The molecule has 0 aliphatic carbocycles. The van der Waals surface area contributed by atoms with Gasteiger partial charge in [0.05, 0.1) is 0 Å². The van der Waals surface area contributed by atoms with E-state index in [-0.39, 0.29) is 6.10 Å². The Labute approximate surface area is 135 Å². The van der Waals surface area contributed by atoms with Gasteiger partial charge in [-0.05, 0) is 35.1 Å². The molecule has 0 fully saturated rings. The van der Waals surface area contributed by atoms with Gasteiger partial charge in [-0.1, -0.05) is 26.0 Å². The first-order chi connectivity index (χ1) is 10.2. The molecule has 0 radical (unpaired) electrons. The number of ether oxygens (including phenoxy) is 2. The van der Waals surface area contributed by atoms with Crippen LogP contribution in [0.4, 0.5) is 0 Å². The van der Waals surface area contributed by atoms with E-state index in [1.807, 2.05) is 12.1 Å². The highest BCUT2D eigenvalue weighted by Crippen LogP contribution is 2.23. The van der Waals surface area contributed by atoms with Crippen molar-refractivity contribution < 1.29 is 9.47 Å². The SMILES string of the molecule is COC(COc1ccc(C(C)C)cc1)CSc1ccsc1. The molecule has 2 nitrogen and oxygen atoms in total. The van der Waals surface area contributed by atoms with Crippen LogP contribution in [0.1, 0.15) is 25.3 Å². The second-order valence-corrected chi connectivity index (χ2v) is 7.04. The minimum Gasteiger partial charge on any atom is -0.491 e. The van der Waals surface area contributed by atoms with E-state index in [0.29, 0.717) is 12.5 Å². The Bertz CT molecular complexity index is 506. The minimum absolute atomic E-state index is 0.0969. The van der Waals surface area contributed by atoms with Crippen LogP contribution in [0.5, 0.6) is 5.75 Å². The van der Waals surface area contributed by atoms with E-state index in [9.17, 15) is 0 Å². The van der Waals surface area contributed by atoms with E-state index in [2.05, 4.69) is 42.8 Å². The van der Waals surface area contributed by atoms with Crippen molar-refractivity contribution >= 4 is 23.1 Å². The van der Waals surface area contributed by atoms with Crippen molar-refractivity contribution in [3.05, 3.63) is 46.7 Å². The van der Waals surface area contributed by atoms with Gasteiger partial charge in [-0.3, -0.25) is 0 Å². The number of hydrogen-bond acceptors (Lipinski definition) is 4. The predicted octanol–water partition coefficient (Wildman–Crippen LogP) is 5.06.